The average Bonchev–Trinajstić information content (AvgIpc) is 2.21. The summed E-state index contributed by atoms with van der Waals surface area (Å²) < 4.78 is 50.8. The summed E-state index contributed by atoms with van der Waals surface area (Å²) in [7, 11) is 0. The molecule has 0 radical (unpaired) electrons. The van der Waals surface area contributed by atoms with Gasteiger partial charge in [0.15, 0.2) is 0 Å². The molecule has 0 saturated carbocycles. The highest BCUT2D eigenvalue weighted by atomic mass is 19.2. The molecule has 82 valence electrons. The summed E-state index contributed by atoms with van der Waals surface area (Å²) in [5.41, 5.74) is -1.16. The minimum Gasteiger partial charge on any atom is -0.321 e. The largest absolute Gasteiger partial charge is 0.321 e. The SMILES string of the molecule is CCC(=O)Nc1c(F)c(F)nc(F)c1F. The summed E-state index contributed by atoms with van der Waals surface area (Å²) in [6.45, 7) is 1.42. The van der Waals surface area contributed by atoms with E-state index in [1.807, 2.05) is 0 Å². The number of rotatable bonds is 2. The fourth-order valence-electron chi connectivity index (χ4n) is 0.825. The molecule has 3 nitrogen and oxygen atoms in total. The Balaban J connectivity index is 3.21. The lowest BCUT2D eigenvalue weighted by atomic mass is 10.3. The standard InChI is InChI=1S/C8H6F4N2O/c1-2-3(15)13-6-4(9)7(11)14-8(12)5(6)10/h2H2,1H3,(H,13,14,15). The second-order valence-corrected chi connectivity index (χ2v) is 2.60. The number of anilines is 1. The van der Waals surface area contributed by atoms with Gasteiger partial charge in [0.1, 0.15) is 5.69 Å². The maximum absolute atomic E-state index is 12.9. The van der Waals surface area contributed by atoms with Crippen molar-refractivity contribution < 1.29 is 22.4 Å². The molecule has 1 amide bonds. The molecule has 0 spiro atoms. The minimum atomic E-state index is -1.81. The van der Waals surface area contributed by atoms with Crippen LogP contribution in [0.1, 0.15) is 13.3 Å². The van der Waals surface area contributed by atoms with E-state index >= 15 is 0 Å². The van der Waals surface area contributed by atoms with Crippen LogP contribution in [0.15, 0.2) is 0 Å². The zero-order valence-corrected chi connectivity index (χ0v) is 7.57. The monoisotopic (exact) mass is 222 g/mol. The molecule has 7 heteroatoms. The van der Waals surface area contributed by atoms with E-state index in [2.05, 4.69) is 4.98 Å². The maximum Gasteiger partial charge on any atom is 0.253 e. The number of carbonyl (C=O) groups excluding carboxylic acids is 1. The van der Waals surface area contributed by atoms with Gasteiger partial charge >= 0.3 is 0 Å². The van der Waals surface area contributed by atoms with Gasteiger partial charge in [0, 0.05) is 6.42 Å². The van der Waals surface area contributed by atoms with E-state index in [-0.39, 0.29) is 6.42 Å². The molecule has 0 bridgehead atoms. The third-order valence-electron chi connectivity index (χ3n) is 1.58. The molecule has 0 unspecified atom stereocenters. The van der Waals surface area contributed by atoms with Gasteiger partial charge in [-0.3, -0.25) is 4.79 Å². The Labute approximate surface area is 82.1 Å². The molecule has 0 atom stereocenters. The Bertz CT molecular complexity index is 382. The molecule has 1 aromatic heterocycles. The first-order valence-electron chi connectivity index (χ1n) is 3.97. The fourth-order valence-corrected chi connectivity index (χ4v) is 0.825. The van der Waals surface area contributed by atoms with Gasteiger partial charge in [0.25, 0.3) is 11.9 Å². The number of aromatic nitrogens is 1. The number of amides is 1. The van der Waals surface area contributed by atoms with Crippen molar-refractivity contribution in [3.63, 3.8) is 0 Å². The van der Waals surface area contributed by atoms with E-state index < -0.39 is 35.1 Å². The van der Waals surface area contributed by atoms with Crippen molar-refractivity contribution in [1.29, 1.82) is 0 Å². The van der Waals surface area contributed by atoms with Crippen LogP contribution in [0.3, 0.4) is 0 Å². The molecular formula is C8H6F4N2O. The van der Waals surface area contributed by atoms with Crippen LogP contribution in [0.4, 0.5) is 23.2 Å². The van der Waals surface area contributed by atoms with Crippen LogP contribution < -0.4 is 5.32 Å². The first-order chi connectivity index (χ1) is 6.97. The van der Waals surface area contributed by atoms with Crippen LogP contribution in [0.5, 0.6) is 0 Å². The zero-order chi connectivity index (χ0) is 11.6. The van der Waals surface area contributed by atoms with Gasteiger partial charge in [-0.25, -0.2) is 0 Å². The van der Waals surface area contributed by atoms with Crippen LogP contribution in [0, 0.1) is 23.5 Å². The first kappa shape index (κ1) is 11.4. The lowest BCUT2D eigenvalue weighted by Crippen LogP contribution is -2.15. The minimum absolute atomic E-state index is 0.0789. The van der Waals surface area contributed by atoms with Crippen LogP contribution in [0.25, 0.3) is 0 Å². The van der Waals surface area contributed by atoms with E-state index in [1.54, 1.807) is 5.32 Å². The molecular weight excluding hydrogens is 216 g/mol. The van der Waals surface area contributed by atoms with E-state index in [9.17, 15) is 22.4 Å². The summed E-state index contributed by atoms with van der Waals surface area (Å²) in [6.07, 6.45) is -0.0789. The second kappa shape index (κ2) is 4.24. The van der Waals surface area contributed by atoms with Crippen molar-refractivity contribution >= 4 is 11.6 Å². The molecule has 15 heavy (non-hydrogen) atoms. The Kier molecular flexibility index (Phi) is 3.23. The predicted molar refractivity (Wildman–Crippen MR) is 43.0 cm³/mol. The summed E-state index contributed by atoms with van der Waals surface area (Å²) in [4.78, 5) is 13.1. The molecule has 0 aliphatic heterocycles. The second-order valence-electron chi connectivity index (χ2n) is 2.60. The topological polar surface area (TPSA) is 42.0 Å². The Morgan fingerprint density at radius 1 is 1.20 bits per heavy atom. The normalized spacial score (nSPS) is 10.2. The van der Waals surface area contributed by atoms with Gasteiger partial charge < -0.3 is 5.32 Å². The van der Waals surface area contributed by atoms with Gasteiger partial charge in [-0.2, -0.15) is 22.5 Å². The Morgan fingerprint density at radius 3 is 2.07 bits per heavy atom. The van der Waals surface area contributed by atoms with Crippen molar-refractivity contribution in [2.24, 2.45) is 0 Å². The smallest absolute Gasteiger partial charge is 0.253 e. The van der Waals surface area contributed by atoms with E-state index in [1.165, 1.54) is 6.92 Å². The van der Waals surface area contributed by atoms with E-state index in [0.717, 1.165) is 0 Å². The predicted octanol–water partition coefficient (Wildman–Crippen LogP) is 1.99. The van der Waals surface area contributed by atoms with E-state index in [0.29, 0.717) is 0 Å². The van der Waals surface area contributed by atoms with Crippen molar-refractivity contribution in [2.75, 3.05) is 5.32 Å². The first-order valence-corrected chi connectivity index (χ1v) is 3.97. The van der Waals surface area contributed by atoms with E-state index in [4.69, 9.17) is 0 Å². The number of hydrogen-bond acceptors (Lipinski definition) is 2. The number of halogens is 4. The van der Waals surface area contributed by atoms with Crippen LogP contribution >= 0.6 is 0 Å². The summed E-state index contributed by atoms with van der Waals surface area (Å²) in [6, 6.07) is 0. The molecule has 0 saturated heterocycles. The van der Waals surface area contributed by atoms with Gasteiger partial charge in [-0.15, -0.1) is 0 Å². The highest BCUT2D eigenvalue weighted by Gasteiger charge is 2.21. The van der Waals surface area contributed by atoms with Crippen molar-refractivity contribution in [2.45, 2.75) is 13.3 Å². The fraction of sp³-hybridized carbons (Fsp3) is 0.250. The summed E-state index contributed by atoms with van der Waals surface area (Å²) >= 11 is 0. The number of pyridine rings is 1. The summed E-state index contributed by atoms with van der Waals surface area (Å²) in [5.74, 6) is -7.83. The lowest BCUT2D eigenvalue weighted by molar-refractivity contribution is -0.115. The maximum atomic E-state index is 12.9. The number of nitrogens with one attached hydrogen (secondary N) is 1. The van der Waals surface area contributed by atoms with Crippen molar-refractivity contribution in [3.05, 3.63) is 23.5 Å². The molecule has 1 aromatic rings. The van der Waals surface area contributed by atoms with Crippen molar-refractivity contribution in [3.8, 4) is 0 Å². The number of carbonyl (C=O) groups is 1. The Hall–Kier alpha value is -1.66. The Morgan fingerprint density at radius 2 is 1.67 bits per heavy atom. The van der Waals surface area contributed by atoms with Crippen LogP contribution in [0.2, 0.25) is 0 Å². The molecule has 0 aliphatic rings. The third kappa shape index (κ3) is 2.23. The highest BCUT2D eigenvalue weighted by molar-refractivity contribution is 5.90. The summed E-state index contributed by atoms with van der Waals surface area (Å²) in [5, 5.41) is 1.70. The molecule has 0 fully saturated rings. The zero-order valence-electron chi connectivity index (χ0n) is 7.57. The molecule has 0 aliphatic carbocycles. The molecule has 1 rings (SSSR count). The van der Waals surface area contributed by atoms with Gasteiger partial charge in [0.05, 0.1) is 0 Å². The highest BCUT2D eigenvalue weighted by Crippen LogP contribution is 2.21. The third-order valence-corrected chi connectivity index (χ3v) is 1.58. The van der Waals surface area contributed by atoms with Crippen molar-refractivity contribution in [1.82, 2.24) is 4.98 Å². The quantitative estimate of drug-likeness (QED) is 0.614. The van der Waals surface area contributed by atoms with Gasteiger partial charge in [-0.1, -0.05) is 6.92 Å². The molecule has 1 heterocycles. The van der Waals surface area contributed by atoms with Crippen LogP contribution in [-0.2, 0) is 4.79 Å². The average molecular weight is 222 g/mol. The van der Waals surface area contributed by atoms with Gasteiger partial charge in [-0.05, 0) is 0 Å². The molecule has 0 aromatic carbocycles. The van der Waals surface area contributed by atoms with Crippen LogP contribution in [-0.4, -0.2) is 10.9 Å². The van der Waals surface area contributed by atoms with Gasteiger partial charge in [0.2, 0.25) is 17.5 Å². The number of nitrogens with zero attached hydrogens (tertiary/aromatic N) is 1. The lowest BCUT2D eigenvalue weighted by Gasteiger charge is -2.06. The number of hydrogen-bond donors (Lipinski definition) is 1. The molecule has 1 N–H and O–H groups in total.